The molecule has 1 saturated carbocycles. The van der Waals surface area contributed by atoms with Gasteiger partial charge in [0.05, 0.1) is 11.6 Å². The first-order valence-electron chi connectivity index (χ1n) is 8.11. The van der Waals surface area contributed by atoms with E-state index in [1.807, 2.05) is 11.7 Å². The summed E-state index contributed by atoms with van der Waals surface area (Å²) in [5.74, 6) is 3.06. The third kappa shape index (κ3) is 2.70. The summed E-state index contributed by atoms with van der Waals surface area (Å²) in [6.07, 6.45) is 6.29. The predicted molar refractivity (Wildman–Crippen MR) is 86.6 cm³/mol. The Morgan fingerprint density at radius 3 is 2.81 bits per heavy atom. The Morgan fingerprint density at radius 1 is 1.33 bits per heavy atom. The van der Waals surface area contributed by atoms with Gasteiger partial charge in [-0.25, -0.2) is 4.98 Å². The molecule has 0 spiro atoms. The standard InChI is InChI=1S/C16H25ClN4/c1-4-13-15-16(20(3)19-13)21(14(9-17)18-15)10-12-7-5-6-11(2)8-12/h11-12H,4-10H2,1-3H3. The number of fused-ring (bicyclic) bond motifs is 1. The van der Waals surface area contributed by atoms with Crippen LogP contribution < -0.4 is 0 Å². The van der Waals surface area contributed by atoms with Crippen molar-refractivity contribution in [2.45, 2.75) is 58.4 Å². The van der Waals surface area contributed by atoms with Crippen LogP contribution in [-0.4, -0.2) is 19.3 Å². The van der Waals surface area contributed by atoms with Crippen LogP contribution in [0.5, 0.6) is 0 Å². The molecule has 2 heterocycles. The number of hydrogen-bond acceptors (Lipinski definition) is 2. The topological polar surface area (TPSA) is 35.6 Å². The smallest absolute Gasteiger partial charge is 0.158 e. The Bertz CT molecular complexity index is 628. The van der Waals surface area contributed by atoms with Gasteiger partial charge < -0.3 is 4.57 Å². The Hall–Kier alpha value is -1.03. The lowest BCUT2D eigenvalue weighted by atomic mass is 9.82. The number of halogens is 1. The number of aryl methyl sites for hydroxylation is 2. The summed E-state index contributed by atoms with van der Waals surface area (Å²) in [7, 11) is 2.02. The van der Waals surface area contributed by atoms with Crippen LogP contribution in [0.15, 0.2) is 0 Å². The molecule has 1 aliphatic carbocycles. The lowest BCUT2D eigenvalue weighted by molar-refractivity contribution is 0.256. The highest BCUT2D eigenvalue weighted by atomic mass is 35.5. The molecule has 0 N–H and O–H groups in total. The van der Waals surface area contributed by atoms with Gasteiger partial charge in [-0.1, -0.05) is 26.7 Å². The van der Waals surface area contributed by atoms with Gasteiger partial charge in [0, 0.05) is 13.6 Å². The van der Waals surface area contributed by atoms with E-state index in [0.29, 0.717) is 5.88 Å². The van der Waals surface area contributed by atoms with Crippen molar-refractivity contribution in [2.24, 2.45) is 18.9 Å². The van der Waals surface area contributed by atoms with E-state index in [1.165, 1.54) is 25.7 Å². The molecule has 1 aliphatic rings. The maximum absolute atomic E-state index is 6.14. The summed E-state index contributed by atoms with van der Waals surface area (Å²) >= 11 is 6.14. The highest BCUT2D eigenvalue weighted by Crippen LogP contribution is 2.31. The van der Waals surface area contributed by atoms with Gasteiger partial charge >= 0.3 is 0 Å². The van der Waals surface area contributed by atoms with Gasteiger partial charge in [-0.3, -0.25) is 4.68 Å². The molecule has 4 nitrogen and oxygen atoms in total. The average molecular weight is 309 g/mol. The normalized spacial score (nSPS) is 23.0. The van der Waals surface area contributed by atoms with Crippen LogP contribution in [0.4, 0.5) is 0 Å². The largest absolute Gasteiger partial charge is 0.312 e. The number of alkyl halides is 1. The number of aromatic nitrogens is 4. The first kappa shape index (κ1) is 14.9. The summed E-state index contributed by atoms with van der Waals surface area (Å²) in [6.45, 7) is 5.53. The van der Waals surface area contributed by atoms with Crippen molar-refractivity contribution in [1.82, 2.24) is 19.3 Å². The van der Waals surface area contributed by atoms with E-state index >= 15 is 0 Å². The van der Waals surface area contributed by atoms with Crippen LogP contribution in [0.1, 0.15) is 51.0 Å². The highest BCUT2D eigenvalue weighted by Gasteiger charge is 2.23. The summed E-state index contributed by atoms with van der Waals surface area (Å²) in [4.78, 5) is 4.75. The van der Waals surface area contributed by atoms with Crippen LogP contribution in [0.25, 0.3) is 11.2 Å². The Morgan fingerprint density at radius 2 is 2.14 bits per heavy atom. The zero-order chi connectivity index (χ0) is 15.0. The molecule has 0 bridgehead atoms. The molecule has 21 heavy (non-hydrogen) atoms. The lowest BCUT2D eigenvalue weighted by Gasteiger charge is -2.27. The minimum atomic E-state index is 0.472. The summed E-state index contributed by atoms with van der Waals surface area (Å²) in [5, 5.41) is 4.60. The van der Waals surface area contributed by atoms with Crippen molar-refractivity contribution < 1.29 is 0 Å². The number of hydrogen-bond donors (Lipinski definition) is 0. The molecule has 0 aliphatic heterocycles. The molecule has 0 aromatic carbocycles. The first-order chi connectivity index (χ1) is 10.1. The average Bonchev–Trinajstić information content (AvgIpc) is 2.97. The number of nitrogens with zero attached hydrogens (tertiary/aromatic N) is 4. The van der Waals surface area contributed by atoms with Gasteiger partial charge in [0.25, 0.3) is 0 Å². The summed E-state index contributed by atoms with van der Waals surface area (Å²) in [6, 6.07) is 0. The maximum Gasteiger partial charge on any atom is 0.158 e. The highest BCUT2D eigenvalue weighted by molar-refractivity contribution is 6.16. The number of imidazole rings is 1. The SMILES string of the molecule is CCc1nn(C)c2c1nc(CCl)n2CC1CCCC(C)C1. The van der Waals surface area contributed by atoms with Gasteiger partial charge in [-0.15, -0.1) is 11.6 Å². The Balaban J connectivity index is 1.98. The molecule has 2 aromatic rings. The summed E-state index contributed by atoms with van der Waals surface area (Å²) in [5.41, 5.74) is 3.26. The van der Waals surface area contributed by atoms with Crippen molar-refractivity contribution in [1.29, 1.82) is 0 Å². The van der Waals surface area contributed by atoms with Gasteiger partial charge in [0.15, 0.2) is 5.65 Å². The molecule has 0 saturated heterocycles. The minimum absolute atomic E-state index is 0.472. The van der Waals surface area contributed by atoms with E-state index in [0.717, 1.165) is 47.5 Å². The maximum atomic E-state index is 6.14. The summed E-state index contributed by atoms with van der Waals surface area (Å²) < 4.78 is 4.29. The van der Waals surface area contributed by atoms with Crippen molar-refractivity contribution in [3.05, 3.63) is 11.5 Å². The molecular weight excluding hydrogens is 284 g/mol. The van der Waals surface area contributed by atoms with Gasteiger partial charge in [-0.2, -0.15) is 5.10 Å². The first-order valence-corrected chi connectivity index (χ1v) is 8.64. The van der Waals surface area contributed by atoms with Crippen LogP contribution >= 0.6 is 11.6 Å². The zero-order valence-electron chi connectivity index (χ0n) is 13.3. The molecule has 3 rings (SSSR count). The van der Waals surface area contributed by atoms with E-state index in [1.54, 1.807) is 0 Å². The molecule has 2 unspecified atom stereocenters. The molecule has 2 atom stereocenters. The second-order valence-electron chi connectivity index (χ2n) is 6.51. The fourth-order valence-corrected chi connectivity index (χ4v) is 4.01. The lowest BCUT2D eigenvalue weighted by Crippen LogP contribution is -2.20. The van der Waals surface area contributed by atoms with E-state index in [2.05, 4.69) is 23.5 Å². The monoisotopic (exact) mass is 308 g/mol. The third-order valence-corrected chi connectivity index (χ3v) is 5.05. The van der Waals surface area contributed by atoms with Crippen molar-refractivity contribution in [2.75, 3.05) is 0 Å². The van der Waals surface area contributed by atoms with Crippen LogP contribution in [0, 0.1) is 11.8 Å². The van der Waals surface area contributed by atoms with Gasteiger partial charge in [0.2, 0.25) is 0 Å². The van der Waals surface area contributed by atoms with Gasteiger partial charge in [-0.05, 0) is 31.1 Å². The number of rotatable bonds is 4. The molecule has 0 amide bonds. The van der Waals surface area contributed by atoms with E-state index in [-0.39, 0.29) is 0 Å². The molecular formula is C16H25ClN4. The van der Waals surface area contributed by atoms with E-state index in [4.69, 9.17) is 16.6 Å². The predicted octanol–water partition coefficient (Wildman–Crippen LogP) is 3.90. The molecule has 0 radical (unpaired) electrons. The molecule has 1 fully saturated rings. The van der Waals surface area contributed by atoms with Gasteiger partial charge in [0.1, 0.15) is 11.3 Å². The van der Waals surface area contributed by atoms with E-state index < -0.39 is 0 Å². The van der Waals surface area contributed by atoms with Crippen LogP contribution in [-0.2, 0) is 25.9 Å². The second-order valence-corrected chi connectivity index (χ2v) is 6.77. The quantitative estimate of drug-likeness (QED) is 0.803. The third-order valence-electron chi connectivity index (χ3n) is 4.81. The molecule has 116 valence electrons. The van der Waals surface area contributed by atoms with Crippen LogP contribution in [0.3, 0.4) is 0 Å². The van der Waals surface area contributed by atoms with Crippen molar-refractivity contribution >= 4 is 22.8 Å². The zero-order valence-corrected chi connectivity index (χ0v) is 14.0. The van der Waals surface area contributed by atoms with Crippen molar-refractivity contribution in [3.63, 3.8) is 0 Å². The molecule has 2 aromatic heterocycles. The fourth-order valence-electron chi connectivity index (χ4n) is 3.80. The van der Waals surface area contributed by atoms with Crippen LogP contribution in [0.2, 0.25) is 0 Å². The molecule has 5 heteroatoms. The Labute approximate surface area is 131 Å². The second kappa shape index (κ2) is 5.99. The Kier molecular flexibility index (Phi) is 4.25. The fraction of sp³-hybridized carbons (Fsp3) is 0.750. The van der Waals surface area contributed by atoms with E-state index in [9.17, 15) is 0 Å². The van der Waals surface area contributed by atoms with Crippen molar-refractivity contribution in [3.8, 4) is 0 Å². The minimum Gasteiger partial charge on any atom is -0.312 e.